The zero-order valence-corrected chi connectivity index (χ0v) is 16.1. The van der Waals surface area contributed by atoms with E-state index in [4.69, 9.17) is 14.5 Å². The SMILES string of the molecule is CSC1=NC2(CC3(CCCOC3)Oc3ccc(Br)cc32)C(=O)N1C. The largest absolute Gasteiger partial charge is 0.484 e. The van der Waals surface area contributed by atoms with E-state index >= 15 is 0 Å². The first-order valence-corrected chi connectivity index (χ1v) is 10.0. The molecular formula is C17H19BrN2O3S. The van der Waals surface area contributed by atoms with E-state index in [9.17, 15) is 4.79 Å². The number of hydrogen-bond acceptors (Lipinski definition) is 5. The Morgan fingerprint density at radius 1 is 1.42 bits per heavy atom. The molecule has 2 atom stereocenters. The van der Waals surface area contributed by atoms with Gasteiger partial charge in [-0.05, 0) is 37.3 Å². The van der Waals surface area contributed by atoms with Gasteiger partial charge in [0.1, 0.15) is 11.4 Å². The highest BCUT2D eigenvalue weighted by Crippen LogP contribution is 2.52. The molecule has 0 radical (unpaired) electrons. The molecule has 3 aliphatic heterocycles. The summed E-state index contributed by atoms with van der Waals surface area (Å²) in [5.41, 5.74) is -0.549. The molecule has 1 aromatic carbocycles. The summed E-state index contributed by atoms with van der Waals surface area (Å²) < 4.78 is 13.0. The minimum Gasteiger partial charge on any atom is -0.484 e. The van der Waals surface area contributed by atoms with E-state index in [1.165, 1.54) is 11.8 Å². The molecule has 0 aliphatic carbocycles. The summed E-state index contributed by atoms with van der Waals surface area (Å²) in [5, 5.41) is 0.750. The van der Waals surface area contributed by atoms with Gasteiger partial charge in [0.2, 0.25) is 0 Å². The molecule has 0 aromatic heterocycles. The van der Waals surface area contributed by atoms with E-state index in [0.29, 0.717) is 13.0 Å². The van der Waals surface area contributed by atoms with Crippen molar-refractivity contribution < 1.29 is 14.3 Å². The van der Waals surface area contributed by atoms with Gasteiger partial charge in [-0.15, -0.1) is 0 Å². The van der Waals surface area contributed by atoms with Gasteiger partial charge in [0.05, 0.1) is 6.61 Å². The summed E-state index contributed by atoms with van der Waals surface area (Å²) >= 11 is 5.01. The summed E-state index contributed by atoms with van der Waals surface area (Å²) in [6.07, 6.45) is 4.29. The Hall–Kier alpha value is -1.05. The minimum absolute atomic E-state index is 0.0134. The smallest absolute Gasteiger partial charge is 0.261 e. The van der Waals surface area contributed by atoms with Crippen LogP contribution in [-0.2, 0) is 15.1 Å². The number of hydrogen-bond donors (Lipinski definition) is 0. The van der Waals surface area contributed by atoms with E-state index in [0.717, 1.165) is 40.4 Å². The number of carbonyl (C=O) groups is 1. The lowest BCUT2D eigenvalue weighted by Gasteiger charge is -2.46. The standard InChI is InChI=1S/C17H19BrN2O3S/c1-20-14(21)17(19-15(20)24-2)9-16(6-3-7-22-10-16)23-13-5-4-11(18)8-12(13)17/h4-5,8H,3,6-7,9-10H2,1-2H3. The number of nitrogens with zero attached hydrogens (tertiary/aromatic N) is 2. The molecule has 3 aliphatic rings. The molecule has 0 bridgehead atoms. The molecule has 4 rings (SSSR count). The van der Waals surface area contributed by atoms with Crippen LogP contribution in [0.15, 0.2) is 27.7 Å². The maximum atomic E-state index is 13.2. The molecule has 5 nitrogen and oxygen atoms in total. The summed E-state index contributed by atoms with van der Waals surface area (Å²) in [6.45, 7) is 1.25. The maximum absolute atomic E-state index is 13.2. The van der Waals surface area contributed by atoms with Crippen LogP contribution < -0.4 is 4.74 Å². The highest BCUT2D eigenvalue weighted by Gasteiger charge is 2.58. The van der Waals surface area contributed by atoms with Gasteiger partial charge in [0.25, 0.3) is 5.91 Å². The van der Waals surface area contributed by atoms with Crippen molar-refractivity contribution in [3.05, 3.63) is 28.2 Å². The first kappa shape index (κ1) is 16.4. The van der Waals surface area contributed by atoms with Crippen LogP contribution in [0.1, 0.15) is 24.8 Å². The fourth-order valence-corrected chi connectivity index (χ4v) is 4.88. The molecule has 24 heavy (non-hydrogen) atoms. The number of likely N-dealkylation sites (N-methyl/N-ethyl adjacent to an activating group) is 1. The number of ether oxygens (including phenoxy) is 2. The Kier molecular flexibility index (Phi) is 3.93. The van der Waals surface area contributed by atoms with Gasteiger partial charge in [-0.3, -0.25) is 9.69 Å². The highest BCUT2D eigenvalue weighted by atomic mass is 79.9. The highest BCUT2D eigenvalue weighted by molar-refractivity contribution is 9.10. The fourth-order valence-electron chi connectivity index (χ4n) is 3.92. The van der Waals surface area contributed by atoms with E-state index in [2.05, 4.69) is 15.9 Å². The number of aliphatic imine (C=N–C) groups is 1. The molecule has 1 amide bonds. The number of fused-ring (bicyclic) bond motifs is 2. The molecule has 7 heteroatoms. The van der Waals surface area contributed by atoms with Gasteiger partial charge < -0.3 is 9.47 Å². The van der Waals surface area contributed by atoms with Crippen molar-refractivity contribution in [3.63, 3.8) is 0 Å². The van der Waals surface area contributed by atoms with Crippen LogP contribution in [0, 0.1) is 0 Å². The van der Waals surface area contributed by atoms with Crippen LogP contribution in [0.3, 0.4) is 0 Å². The Bertz CT molecular complexity index is 733. The van der Waals surface area contributed by atoms with E-state index < -0.39 is 11.1 Å². The minimum atomic E-state index is -0.912. The number of amides is 1. The number of halogens is 1. The van der Waals surface area contributed by atoms with Crippen molar-refractivity contribution >= 4 is 38.8 Å². The summed E-state index contributed by atoms with van der Waals surface area (Å²) in [6, 6.07) is 5.83. The van der Waals surface area contributed by atoms with Gasteiger partial charge in [0.15, 0.2) is 10.7 Å². The summed E-state index contributed by atoms with van der Waals surface area (Å²) in [7, 11) is 1.80. The Morgan fingerprint density at radius 3 is 2.92 bits per heavy atom. The first-order valence-electron chi connectivity index (χ1n) is 7.98. The molecule has 2 spiro atoms. The lowest BCUT2D eigenvalue weighted by atomic mass is 9.74. The van der Waals surface area contributed by atoms with Gasteiger partial charge in [0, 0.05) is 30.1 Å². The first-order chi connectivity index (χ1) is 11.5. The molecule has 2 unspecified atom stereocenters. The van der Waals surface area contributed by atoms with Gasteiger partial charge in [-0.1, -0.05) is 27.7 Å². The average molecular weight is 411 g/mol. The molecule has 0 N–H and O–H groups in total. The predicted molar refractivity (Wildman–Crippen MR) is 97.6 cm³/mol. The van der Waals surface area contributed by atoms with E-state index in [1.807, 2.05) is 24.5 Å². The van der Waals surface area contributed by atoms with E-state index in [-0.39, 0.29) is 5.91 Å². The van der Waals surface area contributed by atoms with Crippen LogP contribution in [0.25, 0.3) is 0 Å². The summed E-state index contributed by atoms with van der Waals surface area (Å²) in [5.74, 6) is 0.752. The lowest BCUT2D eigenvalue weighted by molar-refractivity contribution is -0.139. The van der Waals surface area contributed by atoms with Crippen LogP contribution in [-0.4, -0.2) is 48.1 Å². The number of thioether (sulfide) groups is 1. The monoisotopic (exact) mass is 410 g/mol. The molecular weight excluding hydrogens is 392 g/mol. The quantitative estimate of drug-likeness (QED) is 0.658. The van der Waals surface area contributed by atoms with Crippen molar-refractivity contribution in [2.75, 3.05) is 26.5 Å². The molecule has 1 fully saturated rings. The molecule has 0 saturated carbocycles. The predicted octanol–water partition coefficient (Wildman–Crippen LogP) is 3.17. The third-order valence-corrected chi connectivity index (χ3v) is 6.22. The zero-order valence-electron chi connectivity index (χ0n) is 13.7. The third kappa shape index (κ3) is 2.32. The van der Waals surface area contributed by atoms with Crippen LogP contribution in [0.2, 0.25) is 0 Å². The number of benzene rings is 1. The topological polar surface area (TPSA) is 51.1 Å². The molecule has 1 aromatic rings. The molecule has 3 heterocycles. The number of rotatable bonds is 0. The van der Waals surface area contributed by atoms with Crippen molar-refractivity contribution in [2.24, 2.45) is 4.99 Å². The second-order valence-corrected chi connectivity index (χ2v) is 8.27. The molecule has 1 saturated heterocycles. The summed E-state index contributed by atoms with van der Waals surface area (Å²) in [4.78, 5) is 19.8. The van der Waals surface area contributed by atoms with Gasteiger partial charge >= 0.3 is 0 Å². The van der Waals surface area contributed by atoms with Crippen molar-refractivity contribution in [1.29, 1.82) is 0 Å². The normalized spacial score (nSPS) is 32.0. The fraction of sp³-hybridized carbons (Fsp3) is 0.529. The number of amidine groups is 1. The van der Waals surface area contributed by atoms with Gasteiger partial charge in [-0.25, -0.2) is 4.99 Å². The van der Waals surface area contributed by atoms with Crippen molar-refractivity contribution in [1.82, 2.24) is 4.90 Å². The van der Waals surface area contributed by atoms with Gasteiger partial charge in [-0.2, -0.15) is 0 Å². The van der Waals surface area contributed by atoms with Crippen LogP contribution in [0.5, 0.6) is 5.75 Å². The van der Waals surface area contributed by atoms with E-state index in [1.54, 1.807) is 11.9 Å². The lowest BCUT2D eigenvalue weighted by Crippen LogP contribution is -2.55. The van der Waals surface area contributed by atoms with Crippen molar-refractivity contribution in [3.8, 4) is 5.75 Å². The Balaban J connectivity index is 1.90. The van der Waals surface area contributed by atoms with Crippen LogP contribution >= 0.6 is 27.7 Å². The van der Waals surface area contributed by atoms with Crippen LogP contribution in [0.4, 0.5) is 0 Å². The maximum Gasteiger partial charge on any atom is 0.261 e. The second kappa shape index (κ2) is 5.75. The van der Waals surface area contributed by atoms with Crippen molar-refractivity contribution in [2.45, 2.75) is 30.4 Å². The average Bonchev–Trinajstić information content (AvgIpc) is 2.82. The Labute approximate surface area is 153 Å². The zero-order chi connectivity index (χ0) is 16.9. The second-order valence-electron chi connectivity index (χ2n) is 6.58. The number of carbonyl (C=O) groups excluding carboxylic acids is 1. The third-order valence-electron chi connectivity index (χ3n) is 4.99. The molecule has 128 valence electrons. The Morgan fingerprint density at radius 2 is 2.25 bits per heavy atom.